The van der Waals surface area contributed by atoms with E-state index in [4.69, 9.17) is 9.47 Å². The van der Waals surface area contributed by atoms with Crippen LogP contribution in [0.4, 0.5) is 15.3 Å². The molecule has 0 radical (unpaired) electrons. The van der Waals surface area contributed by atoms with Crippen molar-refractivity contribution in [2.75, 3.05) is 12.4 Å². The molecule has 1 aliphatic rings. The summed E-state index contributed by atoms with van der Waals surface area (Å²) in [6.45, 7) is 0. The molecule has 1 saturated carbocycles. The van der Waals surface area contributed by atoms with Crippen molar-refractivity contribution < 1.29 is 29.0 Å². The lowest BCUT2D eigenvalue weighted by atomic mass is 9.99. The van der Waals surface area contributed by atoms with Crippen LogP contribution in [-0.4, -0.2) is 41.0 Å². The number of rotatable bonds is 9. The zero-order chi connectivity index (χ0) is 32.0. The van der Waals surface area contributed by atoms with E-state index in [9.17, 15) is 19.5 Å². The van der Waals surface area contributed by atoms with Crippen molar-refractivity contribution in [1.29, 1.82) is 0 Å². The third-order valence-electron chi connectivity index (χ3n) is 8.38. The number of aromatic carboxylic acids is 1. The number of fused-ring (bicyclic) bond motifs is 1. The summed E-state index contributed by atoms with van der Waals surface area (Å²) in [6, 6.07) is 28.9. The Bertz CT molecular complexity index is 1820. The van der Waals surface area contributed by atoms with Gasteiger partial charge in [0.2, 0.25) is 0 Å². The van der Waals surface area contributed by atoms with E-state index in [1.807, 2.05) is 66.7 Å². The van der Waals surface area contributed by atoms with Gasteiger partial charge in [-0.3, -0.25) is 9.88 Å². The lowest BCUT2D eigenvalue weighted by molar-refractivity contribution is 0.0696. The summed E-state index contributed by atoms with van der Waals surface area (Å²) in [7, 11) is 1.49. The van der Waals surface area contributed by atoms with Gasteiger partial charge < -0.3 is 19.9 Å². The van der Waals surface area contributed by atoms with Crippen molar-refractivity contribution in [3.05, 3.63) is 131 Å². The lowest BCUT2D eigenvalue weighted by Gasteiger charge is -2.20. The average molecular weight is 618 g/mol. The number of methoxy groups -OCH3 is 1. The van der Waals surface area contributed by atoms with Gasteiger partial charge in [-0.1, -0.05) is 66.7 Å². The molecule has 9 heteroatoms. The molecule has 3 N–H and O–H groups in total. The highest BCUT2D eigenvalue weighted by molar-refractivity contribution is 5.97. The number of aromatic nitrogens is 1. The molecule has 0 unspecified atom stereocenters. The minimum Gasteiger partial charge on any atom is -0.496 e. The summed E-state index contributed by atoms with van der Waals surface area (Å²) < 4.78 is 12.7. The largest absolute Gasteiger partial charge is 0.496 e. The molecule has 1 aromatic heterocycles. The fourth-order valence-corrected chi connectivity index (χ4v) is 6.06. The molecule has 234 valence electrons. The van der Waals surface area contributed by atoms with Gasteiger partial charge in [0.05, 0.1) is 24.2 Å². The number of ether oxygens (including phenoxy) is 2. The van der Waals surface area contributed by atoms with Crippen molar-refractivity contribution in [2.24, 2.45) is 0 Å². The maximum Gasteiger partial charge on any atom is 0.411 e. The van der Waals surface area contributed by atoms with Gasteiger partial charge in [0.25, 0.3) is 0 Å². The second-order valence-corrected chi connectivity index (χ2v) is 11.4. The topological polar surface area (TPSA) is 119 Å². The van der Waals surface area contributed by atoms with Crippen LogP contribution >= 0.6 is 0 Å². The molecule has 1 aliphatic carbocycles. The fraction of sp³-hybridized carbons (Fsp3) is 0.216. The predicted octanol–water partition coefficient (Wildman–Crippen LogP) is 7.78. The van der Waals surface area contributed by atoms with Crippen LogP contribution in [0.25, 0.3) is 10.9 Å². The number of carbonyl (C=O) groups excluding carboxylic acids is 2. The highest BCUT2D eigenvalue weighted by Crippen LogP contribution is 2.31. The zero-order valence-corrected chi connectivity index (χ0v) is 25.4. The van der Waals surface area contributed by atoms with E-state index < -0.39 is 18.1 Å². The predicted molar refractivity (Wildman–Crippen MR) is 176 cm³/mol. The maximum absolute atomic E-state index is 14.1. The maximum atomic E-state index is 14.1. The van der Waals surface area contributed by atoms with Gasteiger partial charge >= 0.3 is 18.1 Å². The van der Waals surface area contributed by atoms with Crippen LogP contribution in [0.1, 0.15) is 64.3 Å². The number of carbonyl (C=O) groups is 3. The molecule has 5 aromatic rings. The quantitative estimate of drug-likeness (QED) is 0.155. The van der Waals surface area contributed by atoms with Gasteiger partial charge in [-0.05, 0) is 78.3 Å². The molecule has 9 nitrogen and oxygen atoms in total. The van der Waals surface area contributed by atoms with E-state index >= 15 is 0 Å². The number of amides is 2. The van der Waals surface area contributed by atoms with Crippen LogP contribution in [0.2, 0.25) is 0 Å². The van der Waals surface area contributed by atoms with Gasteiger partial charge in [-0.15, -0.1) is 0 Å². The van der Waals surface area contributed by atoms with Crippen LogP contribution in [0.3, 0.4) is 0 Å². The Kier molecular flexibility index (Phi) is 9.01. The molecule has 0 atom stereocenters. The summed E-state index contributed by atoms with van der Waals surface area (Å²) in [5, 5.41) is 16.3. The Labute approximate surface area is 266 Å². The third kappa shape index (κ3) is 6.73. The number of nitrogens with one attached hydrogen (secondary N) is 2. The normalized spacial score (nSPS) is 13.1. The van der Waals surface area contributed by atoms with E-state index in [1.54, 1.807) is 29.0 Å². The molecule has 0 bridgehead atoms. The molecule has 1 fully saturated rings. The Morgan fingerprint density at radius 1 is 0.870 bits per heavy atom. The van der Waals surface area contributed by atoms with Gasteiger partial charge in [0.15, 0.2) is 0 Å². The molecule has 6 rings (SSSR count). The zero-order valence-electron chi connectivity index (χ0n) is 25.4. The molecule has 1 heterocycles. The minimum absolute atomic E-state index is 0.0764. The van der Waals surface area contributed by atoms with Crippen LogP contribution in [0, 0.1) is 0 Å². The van der Waals surface area contributed by atoms with Crippen LogP contribution in [0.5, 0.6) is 5.75 Å². The number of nitrogens with zero attached hydrogens (tertiary/aromatic N) is 1. The van der Waals surface area contributed by atoms with Crippen molar-refractivity contribution in [2.45, 2.75) is 44.2 Å². The van der Waals surface area contributed by atoms with Crippen LogP contribution in [0.15, 0.2) is 103 Å². The lowest BCUT2D eigenvalue weighted by Crippen LogP contribution is -2.32. The van der Waals surface area contributed by atoms with Crippen molar-refractivity contribution in [3.8, 4) is 5.75 Å². The molecule has 0 saturated heterocycles. The highest BCUT2D eigenvalue weighted by atomic mass is 16.6. The van der Waals surface area contributed by atoms with Crippen molar-refractivity contribution in [3.63, 3.8) is 0 Å². The number of carboxylic acid groups (broad SMARTS) is 1. The van der Waals surface area contributed by atoms with Gasteiger partial charge in [0.1, 0.15) is 11.9 Å². The van der Waals surface area contributed by atoms with E-state index in [1.165, 1.54) is 19.2 Å². The second-order valence-electron chi connectivity index (χ2n) is 11.4. The standard InChI is InChI=1S/C37H35N3O6/c1-45-33-21-27(35(41)42)17-16-26(33)20-28-23-40(32-19-18-29(22-31(28)32)38-37(44)46-30-14-8-9-15-30)36(43)39-34(24-10-4-2-5-11-24)25-12-6-3-7-13-25/h2-7,10-13,16-19,21-23,30,34H,8-9,14-15,20H2,1H3,(H,38,44)(H,39,43)(H,41,42). The number of carboxylic acids is 1. The van der Waals surface area contributed by atoms with Crippen molar-refractivity contribution >= 4 is 34.7 Å². The highest BCUT2D eigenvalue weighted by Gasteiger charge is 2.23. The Morgan fingerprint density at radius 3 is 2.17 bits per heavy atom. The number of anilines is 1. The number of hydrogen-bond donors (Lipinski definition) is 3. The number of benzene rings is 4. The summed E-state index contributed by atoms with van der Waals surface area (Å²) in [4.78, 5) is 38.3. The first kappa shape index (κ1) is 30.5. The molecule has 4 aromatic carbocycles. The third-order valence-corrected chi connectivity index (χ3v) is 8.38. The van der Waals surface area contributed by atoms with Crippen LogP contribution in [-0.2, 0) is 11.2 Å². The Balaban J connectivity index is 1.37. The number of hydrogen-bond acceptors (Lipinski definition) is 5. The Morgan fingerprint density at radius 2 is 1.54 bits per heavy atom. The van der Waals surface area contributed by atoms with Crippen LogP contribution < -0.4 is 15.4 Å². The van der Waals surface area contributed by atoms with Gasteiger partial charge in [-0.2, -0.15) is 0 Å². The van der Waals surface area contributed by atoms with Crippen molar-refractivity contribution in [1.82, 2.24) is 9.88 Å². The van der Waals surface area contributed by atoms with Gasteiger partial charge in [-0.25, -0.2) is 14.4 Å². The second kappa shape index (κ2) is 13.6. The molecular formula is C37H35N3O6. The first-order valence-electron chi connectivity index (χ1n) is 15.3. The SMILES string of the molecule is COc1cc(C(=O)O)ccc1Cc1cn(C(=O)NC(c2ccccc2)c2ccccc2)c2ccc(NC(=O)OC3CCCC3)cc12. The summed E-state index contributed by atoms with van der Waals surface area (Å²) in [6.07, 6.45) is 5.37. The summed E-state index contributed by atoms with van der Waals surface area (Å²) in [5.41, 5.74) is 4.71. The van der Waals surface area contributed by atoms with E-state index in [0.717, 1.165) is 53.3 Å². The molecule has 2 amide bonds. The van der Waals surface area contributed by atoms with Gasteiger partial charge in [0, 0.05) is 23.7 Å². The average Bonchev–Trinajstić information content (AvgIpc) is 3.72. The van der Waals surface area contributed by atoms with E-state index in [2.05, 4.69) is 10.6 Å². The molecule has 46 heavy (non-hydrogen) atoms. The Hall–Kier alpha value is -5.57. The van der Waals surface area contributed by atoms with E-state index in [-0.39, 0.29) is 17.7 Å². The molecule has 0 aliphatic heterocycles. The summed E-state index contributed by atoms with van der Waals surface area (Å²) in [5.74, 6) is -0.627. The first-order chi connectivity index (χ1) is 22.4. The summed E-state index contributed by atoms with van der Waals surface area (Å²) >= 11 is 0. The minimum atomic E-state index is -1.05. The fourth-order valence-electron chi connectivity index (χ4n) is 6.06. The smallest absolute Gasteiger partial charge is 0.411 e. The molecular weight excluding hydrogens is 582 g/mol. The molecule has 0 spiro atoms. The van der Waals surface area contributed by atoms with E-state index in [0.29, 0.717) is 23.4 Å². The first-order valence-corrected chi connectivity index (χ1v) is 15.3. The monoisotopic (exact) mass is 617 g/mol.